The van der Waals surface area contributed by atoms with Crippen LogP contribution in [0.15, 0.2) is 21.3 Å². The minimum Gasteiger partial charge on any atom is -0.448 e. The second kappa shape index (κ2) is 3.63. The molecule has 2 rings (SSSR count). The summed E-state index contributed by atoms with van der Waals surface area (Å²) in [7, 11) is 1.57. The third-order valence-corrected chi connectivity index (χ3v) is 1.61. The molecule has 5 nitrogen and oxygen atoms in total. The molecule has 0 N–H and O–H groups in total. The van der Waals surface area contributed by atoms with Crippen molar-refractivity contribution in [1.29, 1.82) is 0 Å². The number of oxazole rings is 2. The summed E-state index contributed by atoms with van der Waals surface area (Å²) in [5.41, 5.74) is 0.974. The van der Waals surface area contributed by atoms with E-state index in [4.69, 9.17) is 14.9 Å². The number of methoxy groups -OCH3 is 1. The maximum atomic E-state index is 7.48. The lowest BCUT2D eigenvalue weighted by Crippen LogP contribution is -1.87. The lowest BCUT2D eigenvalue weighted by molar-refractivity contribution is 0.181. The zero-order valence-electron chi connectivity index (χ0n) is 8.90. The summed E-state index contributed by atoms with van der Waals surface area (Å²) in [5, 5.41) is 0. The molecule has 2 heterocycles. The molecule has 0 atom stereocenters. The van der Waals surface area contributed by atoms with E-state index in [9.17, 15) is 0 Å². The van der Waals surface area contributed by atoms with E-state index in [-0.39, 0.29) is 12.1 Å². The van der Waals surface area contributed by atoms with Gasteiger partial charge in [-0.1, -0.05) is 0 Å². The van der Waals surface area contributed by atoms with Gasteiger partial charge in [0.25, 0.3) is 0 Å². The molecule has 2 aromatic heterocycles. The van der Waals surface area contributed by atoms with Gasteiger partial charge in [-0.15, -0.1) is 0 Å². The van der Waals surface area contributed by atoms with Gasteiger partial charge in [0.05, 0.1) is 6.61 Å². The average Bonchev–Trinajstić information content (AvgIpc) is 2.73. The van der Waals surface area contributed by atoms with Gasteiger partial charge in [-0.3, -0.25) is 0 Å². The van der Waals surface area contributed by atoms with Crippen molar-refractivity contribution in [3.8, 4) is 11.6 Å². The van der Waals surface area contributed by atoms with Crippen molar-refractivity contribution in [2.75, 3.05) is 7.11 Å². The summed E-state index contributed by atoms with van der Waals surface area (Å²) < 4.78 is 22.5. The van der Waals surface area contributed by atoms with Crippen LogP contribution in [0, 0.1) is 6.92 Å². The fourth-order valence-corrected chi connectivity index (χ4v) is 1.05. The molecule has 0 bridgehead atoms. The molecule has 74 valence electrons. The first-order valence-electron chi connectivity index (χ1n) is 4.58. The summed E-state index contributed by atoms with van der Waals surface area (Å²) in [6, 6.07) is 0. The van der Waals surface area contributed by atoms with Crippen LogP contribution in [0.25, 0.3) is 11.6 Å². The zero-order valence-corrected chi connectivity index (χ0v) is 7.90. The van der Waals surface area contributed by atoms with Crippen LogP contribution in [0.4, 0.5) is 0 Å². The Hall–Kier alpha value is -1.62. The van der Waals surface area contributed by atoms with E-state index in [1.54, 1.807) is 14.0 Å². The fourth-order valence-electron chi connectivity index (χ4n) is 1.05. The SMILES string of the molecule is [2H]c1oc(C)nc1-c1nc(COC)co1. The van der Waals surface area contributed by atoms with E-state index in [1.807, 2.05) is 0 Å². The van der Waals surface area contributed by atoms with Crippen molar-refractivity contribution >= 4 is 0 Å². The molecule has 5 heteroatoms. The topological polar surface area (TPSA) is 61.3 Å². The molecule has 14 heavy (non-hydrogen) atoms. The van der Waals surface area contributed by atoms with Gasteiger partial charge in [-0.25, -0.2) is 9.97 Å². The van der Waals surface area contributed by atoms with Gasteiger partial charge in [-0.05, 0) is 0 Å². The van der Waals surface area contributed by atoms with Gasteiger partial charge in [0, 0.05) is 14.0 Å². The first-order chi connectivity index (χ1) is 7.20. The standard InChI is InChI=1S/C9H10N2O3/c1-6-10-8(5-13-6)9-11-7(3-12-2)4-14-9/h4-5H,3H2,1-2H3/i5D. The molecule has 0 aliphatic carbocycles. The summed E-state index contributed by atoms with van der Waals surface area (Å²) >= 11 is 0. The number of hydrogen-bond donors (Lipinski definition) is 0. The molecular formula is C9H10N2O3. The smallest absolute Gasteiger partial charge is 0.248 e. The lowest BCUT2D eigenvalue weighted by atomic mass is 10.5. The van der Waals surface area contributed by atoms with Crippen molar-refractivity contribution < 1.29 is 14.9 Å². The van der Waals surface area contributed by atoms with Crippen LogP contribution < -0.4 is 0 Å². The minimum absolute atomic E-state index is 0.0432. The van der Waals surface area contributed by atoms with Gasteiger partial charge in [-0.2, -0.15) is 0 Å². The maximum Gasteiger partial charge on any atom is 0.248 e. The number of ether oxygens (including phenoxy) is 1. The fraction of sp³-hybridized carbons (Fsp3) is 0.333. The van der Waals surface area contributed by atoms with Crippen LogP contribution in [0.1, 0.15) is 13.0 Å². The number of aromatic nitrogens is 2. The van der Waals surface area contributed by atoms with Gasteiger partial charge in [0.15, 0.2) is 11.6 Å². The van der Waals surface area contributed by atoms with Gasteiger partial charge in [0.2, 0.25) is 5.89 Å². The number of hydrogen-bond acceptors (Lipinski definition) is 5. The van der Waals surface area contributed by atoms with E-state index in [1.165, 1.54) is 6.26 Å². The highest BCUT2D eigenvalue weighted by molar-refractivity contribution is 5.44. The third kappa shape index (κ3) is 1.67. The minimum atomic E-state index is -0.0432. The zero-order chi connectivity index (χ0) is 10.8. The van der Waals surface area contributed by atoms with Gasteiger partial charge >= 0.3 is 0 Å². The van der Waals surface area contributed by atoms with Crippen LogP contribution in [0.3, 0.4) is 0 Å². The highest BCUT2D eigenvalue weighted by atomic mass is 16.5. The van der Waals surface area contributed by atoms with Crippen LogP contribution in [0.5, 0.6) is 0 Å². The lowest BCUT2D eigenvalue weighted by Gasteiger charge is -1.88. The molecule has 0 saturated heterocycles. The first-order valence-corrected chi connectivity index (χ1v) is 4.08. The highest BCUT2D eigenvalue weighted by Gasteiger charge is 2.10. The molecule has 0 aliphatic rings. The van der Waals surface area contributed by atoms with E-state index >= 15 is 0 Å². The number of nitrogens with zero attached hydrogens (tertiary/aromatic N) is 2. The molecule has 0 fully saturated rings. The first kappa shape index (κ1) is 7.75. The van der Waals surface area contributed by atoms with Crippen molar-refractivity contribution in [2.45, 2.75) is 13.5 Å². The van der Waals surface area contributed by atoms with Gasteiger partial charge in [0.1, 0.15) is 19.6 Å². The Labute approximate surface area is 82.1 Å². The Bertz CT molecular complexity index is 464. The van der Waals surface area contributed by atoms with Crippen molar-refractivity contribution in [3.05, 3.63) is 24.1 Å². The molecule has 0 unspecified atom stereocenters. The summed E-state index contributed by atoms with van der Waals surface area (Å²) in [5.74, 6) is 0.699. The van der Waals surface area contributed by atoms with Crippen LogP contribution in [0.2, 0.25) is 0 Å². The summed E-state index contributed by atoms with van der Waals surface area (Å²) in [6.45, 7) is 2.04. The Morgan fingerprint density at radius 3 is 3.00 bits per heavy atom. The van der Waals surface area contributed by atoms with E-state index in [0.29, 0.717) is 23.9 Å². The monoisotopic (exact) mass is 195 g/mol. The molecule has 0 aromatic carbocycles. The Kier molecular flexibility index (Phi) is 2.01. The summed E-state index contributed by atoms with van der Waals surface area (Å²) in [4.78, 5) is 8.11. The Morgan fingerprint density at radius 1 is 1.50 bits per heavy atom. The Balaban J connectivity index is 2.32. The third-order valence-electron chi connectivity index (χ3n) is 1.61. The van der Waals surface area contributed by atoms with Crippen LogP contribution >= 0.6 is 0 Å². The largest absolute Gasteiger partial charge is 0.448 e. The second-order valence-corrected chi connectivity index (χ2v) is 2.76. The highest BCUT2D eigenvalue weighted by Crippen LogP contribution is 2.17. The average molecular weight is 195 g/mol. The molecule has 0 amide bonds. The van der Waals surface area contributed by atoms with Crippen molar-refractivity contribution in [3.63, 3.8) is 0 Å². The molecule has 2 aromatic rings. The normalized spacial score (nSPS) is 11.7. The predicted octanol–water partition coefficient (Wildman–Crippen LogP) is 1.78. The van der Waals surface area contributed by atoms with Gasteiger partial charge < -0.3 is 13.6 Å². The summed E-state index contributed by atoms with van der Waals surface area (Å²) in [6.07, 6.45) is 1.43. The number of rotatable bonds is 3. The second-order valence-electron chi connectivity index (χ2n) is 2.76. The molecular weight excluding hydrogens is 184 g/mol. The molecule has 0 saturated carbocycles. The molecule has 0 aliphatic heterocycles. The quantitative estimate of drug-likeness (QED) is 0.747. The van der Waals surface area contributed by atoms with Crippen molar-refractivity contribution in [2.24, 2.45) is 0 Å². The number of aryl methyl sites for hydroxylation is 1. The van der Waals surface area contributed by atoms with Crippen LogP contribution in [-0.4, -0.2) is 17.1 Å². The Morgan fingerprint density at radius 2 is 2.36 bits per heavy atom. The molecule has 0 spiro atoms. The predicted molar refractivity (Wildman–Crippen MR) is 47.5 cm³/mol. The molecule has 0 radical (unpaired) electrons. The van der Waals surface area contributed by atoms with E-state index in [0.717, 1.165) is 0 Å². The van der Waals surface area contributed by atoms with Crippen molar-refractivity contribution in [1.82, 2.24) is 9.97 Å². The maximum absolute atomic E-state index is 7.48. The van der Waals surface area contributed by atoms with Crippen LogP contribution in [-0.2, 0) is 11.3 Å². The van der Waals surface area contributed by atoms with E-state index < -0.39 is 0 Å². The van der Waals surface area contributed by atoms with E-state index in [2.05, 4.69) is 9.97 Å².